The number of aromatic nitrogens is 1. The molecule has 0 unspecified atom stereocenters. The highest BCUT2D eigenvalue weighted by Gasteiger charge is 2.16. The quantitative estimate of drug-likeness (QED) is 0.267. The zero-order valence-corrected chi connectivity index (χ0v) is 16.3. The van der Waals surface area contributed by atoms with E-state index < -0.39 is 5.91 Å². The minimum atomic E-state index is -0.676. The van der Waals surface area contributed by atoms with Gasteiger partial charge in [-0.15, -0.1) is 0 Å². The number of halogens is 3. The Labute approximate surface area is 167 Å². The van der Waals surface area contributed by atoms with Crippen molar-refractivity contribution in [1.29, 1.82) is 0 Å². The van der Waals surface area contributed by atoms with E-state index in [0.29, 0.717) is 27.1 Å². The maximum atomic E-state index is 12.0. The van der Waals surface area contributed by atoms with Crippen molar-refractivity contribution in [3.8, 4) is 5.69 Å². The van der Waals surface area contributed by atoms with Crippen molar-refractivity contribution in [3.05, 3.63) is 74.0 Å². The van der Waals surface area contributed by atoms with Gasteiger partial charge in [-0.1, -0.05) is 23.2 Å². The van der Waals surface area contributed by atoms with Crippen LogP contribution >= 0.6 is 45.8 Å². The molecule has 0 atom stereocenters. The highest BCUT2D eigenvalue weighted by atomic mass is 127. The zero-order valence-electron chi connectivity index (χ0n) is 12.6. The summed E-state index contributed by atoms with van der Waals surface area (Å²) in [6, 6.07) is 12.5. The predicted molar refractivity (Wildman–Crippen MR) is 107 cm³/mol. The van der Waals surface area contributed by atoms with E-state index in [1.165, 1.54) is 6.07 Å². The Kier molecular flexibility index (Phi) is 5.53. The number of hydroxylamine groups is 1. The summed E-state index contributed by atoms with van der Waals surface area (Å²) >= 11 is 14.7. The Bertz CT molecular complexity index is 930. The van der Waals surface area contributed by atoms with Crippen LogP contribution in [-0.2, 0) is 0 Å². The molecular formula is C17H12Cl2IN3O2. The lowest BCUT2D eigenvalue weighted by Gasteiger charge is -2.16. The second kappa shape index (κ2) is 7.65. The van der Waals surface area contributed by atoms with Gasteiger partial charge in [0.05, 0.1) is 32.7 Å². The number of amides is 1. The molecule has 0 spiro atoms. The fraction of sp³-hybridized carbons (Fsp3) is 0. The molecule has 3 rings (SSSR count). The van der Waals surface area contributed by atoms with Gasteiger partial charge in [0.2, 0.25) is 0 Å². The van der Waals surface area contributed by atoms with E-state index in [9.17, 15) is 4.79 Å². The van der Waals surface area contributed by atoms with Crippen LogP contribution in [0.15, 0.2) is 54.9 Å². The lowest BCUT2D eigenvalue weighted by Crippen LogP contribution is -2.20. The van der Waals surface area contributed by atoms with Gasteiger partial charge in [-0.3, -0.25) is 10.0 Å². The smallest absolute Gasteiger partial charge is 0.276 e. The molecule has 0 aliphatic carbocycles. The number of anilines is 2. The van der Waals surface area contributed by atoms with Crippen LogP contribution in [0.1, 0.15) is 10.4 Å². The molecule has 1 heterocycles. The molecule has 128 valence electrons. The summed E-state index contributed by atoms with van der Waals surface area (Å²) < 4.78 is 2.81. The number of carbonyl (C=O) groups excluding carboxylic acids is 1. The van der Waals surface area contributed by atoms with Crippen molar-refractivity contribution in [3.63, 3.8) is 0 Å². The SMILES string of the molecule is O=C(NO)c1cc(Cl)c(-n2cccc2)cc1Nc1ccc(I)cc1Cl. The molecule has 0 aliphatic heterocycles. The standard InChI is InChI=1S/C17H12Cl2IN3O2/c18-12-7-10(20)3-4-14(12)21-15-9-16(23-5-1-2-6-23)13(19)8-11(15)17(24)22-25/h1-9,21,25H,(H,22,24). The molecule has 8 heteroatoms. The lowest BCUT2D eigenvalue weighted by atomic mass is 10.1. The van der Waals surface area contributed by atoms with Crippen LogP contribution in [-0.4, -0.2) is 15.7 Å². The van der Waals surface area contributed by atoms with Crippen LogP contribution in [0.5, 0.6) is 0 Å². The average Bonchev–Trinajstić information content (AvgIpc) is 3.12. The van der Waals surface area contributed by atoms with Gasteiger partial charge in [0.1, 0.15) is 0 Å². The largest absolute Gasteiger partial charge is 0.354 e. The van der Waals surface area contributed by atoms with E-state index in [2.05, 4.69) is 27.9 Å². The molecule has 1 amide bonds. The van der Waals surface area contributed by atoms with E-state index >= 15 is 0 Å². The van der Waals surface area contributed by atoms with Gasteiger partial charge in [0, 0.05) is 16.0 Å². The van der Waals surface area contributed by atoms with Gasteiger partial charge < -0.3 is 9.88 Å². The molecule has 5 nitrogen and oxygen atoms in total. The Morgan fingerprint density at radius 3 is 2.40 bits per heavy atom. The van der Waals surface area contributed by atoms with Crippen molar-refractivity contribution in [2.45, 2.75) is 0 Å². The first-order valence-electron chi connectivity index (χ1n) is 7.13. The summed E-state index contributed by atoms with van der Waals surface area (Å²) in [4.78, 5) is 12.0. The van der Waals surface area contributed by atoms with Gasteiger partial charge >= 0.3 is 0 Å². The summed E-state index contributed by atoms with van der Waals surface area (Å²) in [5, 5.41) is 13.0. The van der Waals surface area contributed by atoms with Crippen LogP contribution in [0.2, 0.25) is 10.0 Å². The maximum absolute atomic E-state index is 12.0. The van der Waals surface area contributed by atoms with Crippen molar-refractivity contribution in [1.82, 2.24) is 10.0 Å². The number of nitrogens with zero attached hydrogens (tertiary/aromatic N) is 1. The van der Waals surface area contributed by atoms with Crippen LogP contribution in [0, 0.1) is 3.57 Å². The molecule has 0 radical (unpaired) electrons. The number of hydrogen-bond acceptors (Lipinski definition) is 3. The molecule has 0 aliphatic rings. The van der Waals surface area contributed by atoms with E-state index in [1.807, 2.05) is 41.2 Å². The third-order valence-electron chi connectivity index (χ3n) is 3.52. The Hall–Kier alpha value is -1.74. The van der Waals surface area contributed by atoms with Crippen LogP contribution in [0.25, 0.3) is 5.69 Å². The topological polar surface area (TPSA) is 66.3 Å². The van der Waals surface area contributed by atoms with E-state index in [0.717, 1.165) is 3.57 Å². The fourth-order valence-electron chi connectivity index (χ4n) is 2.34. The van der Waals surface area contributed by atoms with Crippen molar-refractivity contribution >= 4 is 63.1 Å². The summed E-state index contributed by atoms with van der Waals surface area (Å²) in [6.45, 7) is 0. The highest BCUT2D eigenvalue weighted by Crippen LogP contribution is 2.33. The minimum absolute atomic E-state index is 0.193. The Morgan fingerprint density at radius 1 is 1.04 bits per heavy atom. The zero-order chi connectivity index (χ0) is 18.0. The lowest BCUT2D eigenvalue weighted by molar-refractivity contribution is 0.0707. The first kappa shape index (κ1) is 18.1. The second-order valence-electron chi connectivity index (χ2n) is 5.13. The summed E-state index contributed by atoms with van der Waals surface area (Å²) in [6.07, 6.45) is 3.68. The highest BCUT2D eigenvalue weighted by molar-refractivity contribution is 14.1. The van der Waals surface area contributed by atoms with Gasteiger partial charge in [-0.25, -0.2) is 5.48 Å². The van der Waals surface area contributed by atoms with Gasteiger partial charge in [0.15, 0.2) is 0 Å². The van der Waals surface area contributed by atoms with Gasteiger partial charge in [0.25, 0.3) is 5.91 Å². The predicted octanol–water partition coefficient (Wildman–Crippen LogP) is 5.25. The molecule has 3 aromatic rings. The first-order chi connectivity index (χ1) is 12.0. The van der Waals surface area contributed by atoms with Gasteiger partial charge in [-0.2, -0.15) is 0 Å². The third kappa shape index (κ3) is 3.92. The summed E-state index contributed by atoms with van der Waals surface area (Å²) in [5.41, 5.74) is 3.61. The van der Waals surface area contributed by atoms with Gasteiger partial charge in [-0.05, 0) is 65.1 Å². The molecule has 0 saturated carbocycles. The van der Waals surface area contributed by atoms with Crippen LogP contribution in [0.3, 0.4) is 0 Å². The van der Waals surface area contributed by atoms with Crippen LogP contribution < -0.4 is 10.8 Å². The molecular weight excluding hydrogens is 476 g/mol. The number of hydrogen-bond donors (Lipinski definition) is 3. The Morgan fingerprint density at radius 2 is 1.76 bits per heavy atom. The van der Waals surface area contributed by atoms with Crippen molar-refractivity contribution < 1.29 is 10.0 Å². The molecule has 2 aromatic carbocycles. The number of benzene rings is 2. The molecule has 1 aromatic heterocycles. The van der Waals surface area contributed by atoms with Crippen LogP contribution in [0.4, 0.5) is 11.4 Å². The van der Waals surface area contributed by atoms with Crippen molar-refractivity contribution in [2.75, 3.05) is 5.32 Å². The van der Waals surface area contributed by atoms with E-state index in [1.54, 1.807) is 17.6 Å². The molecule has 0 saturated heterocycles. The number of carbonyl (C=O) groups is 1. The third-order valence-corrected chi connectivity index (χ3v) is 4.80. The first-order valence-corrected chi connectivity index (χ1v) is 8.96. The molecule has 0 bridgehead atoms. The maximum Gasteiger partial charge on any atom is 0.276 e. The molecule has 3 N–H and O–H groups in total. The minimum Gasteiger partial charge on any atom is -0.354 e. The normalized spacial score (nSPS) is 10.6. The molecule has 0 fully saturated rings. The van der Waals surface area contributed by atoms with E-state index in [-0.39, 0.29) is 5.56 Å². The fourth-order valence-corrected chi connectivity index (χ4v) is 3.51. The number of nitrogens with one attached hydrogen (secondary N) is 2. The molecule has 25 heavy (non-hydrogen) atoms. The van der Waals surface area contributed by atoms with Crippen molar-refractivity contribution in [2.24, 2.45) is 0 Å². The summed E-state index contributed by atoms with van der Waals surface area (Å²) in [7, 11) is 0. The average molecular weight is 488 g/mol. The monoisotopic (exact) mass is 487 g/mol. The van der Waals surface area contributed by atoms with E-state index in [4.69, 9.17) is 28.4 Å². The number of rotatable bonds is 4. The second-order valence-corrected chi connectivity index (χ2v) is 7.19. The summed E-state index contributed by atoms with van der Waals surface area (Å²) in [5.74, 6) is -0.676. The Balaban J connectivity index is 2.11.